The second-order valence-electron chi connectivity index (χ2n) is 3.99. The van der Waals surface area contributed by atoms with E-state index in [-0.39, 0.29) is 0 Å². The fourth-order valence-corrected chi connectivity index (χ4v) is 1.87. The van der Waals surface area contributed by atoms with E-state index in [1.165, 1.54) is 32.2 Å². The molecule has 0 spiro atoms. The average molecular weight is 171 g/mol. The Morgan fingerprint density at radius 2 is 1.67 bits per heavy atom. The van der Waals surface area contributed by atoms with Crippen LogP contribution >= 0.6 is 0 Å². The van der Waals surface area contributed by atoms with Gasteiger partial charge in [-0.1, -0.05) is 27.2 Å². The zero-order chi connectivity index (χ0) is 9.61. The summed E-state index contributed by atoms with van der Waals surface area (Å²) in [7, 11) is 4.35. The number of hydrogen-bond acceptors (Lipinski definition) is 1. The van der Waals surface area contributed by atoms with Crippen LogP contribution in [0.5, 0.6) is 0 Å². The first kappa shape index (κ1) is 12.0. The highest BCUT2D eigenvalue weighted by Gasteiger charge is 2.41. The molecule has 1 nitrogen and oxygen atoms in total. The molecule has 0 unspecified atom stereocenters. The van der Waals surface area contributed by atoms with Crippen molar-refractivity contribution in [1.82, 2.24) is 4.90 Å². The lowest BCUT2D eigenvalue weighted by Gasteiger charge is -2.18. The Kier molecular flexibility index (Phi) is 5.56. The van der Waals surface area contributed by atoms with Crippen molar-refractivity contribution in [2.45, 2.75) is 46.5 Å². The van der Waals surface area contributed by atoms with Gasteiger partial charge in [0.1, 0.15) is 0 Å². The Hall–Kier alpha value is -0.0400. The topological polar surface area (TPSA) is 3.24 Å². The van der Waals surface area contributed by atoms with E-state index in [0.29, 0.717) is 0 Å². The Balaban J connectivity index is 0.000000561. The molecule has 1 fully saturated rings. The van der Waals surface area contributed by atoms with Crippen molar-refractivity contribution in [3.05, 3.63) is 0 Å². The predicted octanol–water partition coefficient (Wildman–Crippen LogP) is 3.15. The molecule has 1 saturated carbocycles. The first-order valence-corrected chi connectivity index (χ1v) is 5.33. The highest BCUT2D eigenvalue weighted by molar-refractivity contribution is 4.94. The lowest BCUT2D eigenvalue weighted by molar-refractivity contribution is 0.293. The first-order chi connectivity index (χ1) is 5.68. The molecule has 0 amide bonds. The molecule has 12 heavy (non-hydrogen) atoms. The van der Waals surface area contributed by atoms with E-state index < -0.39 is 0 Å². The smallest absolute Gasteiger partial charge is 0.00319 e. The van der Waals surface area contributed by atoms with Gasteiger partial charge in [-0.05, 0) is 38.8 Å². The summed E-state index contributed by atoms with van der Waals surface area (Å²) in [5.41, 5.74) is 0.748. The van der Waals surface area contributed by atoms with Crippen LogP contribution in [-0.2, 0) is 0 Å². The van der Waals surface area contributed by atoms with E-state index in [1.54, 1.807) is 0 Å². The Morgan fingerprint density at radius 3 is 1.92 bits per heavy atom. The Labute approximate surface area is 78.1 Å². The summed E-state index contributed by atoms with van der Waals surface area (Å²) in [5.74, 6) is 0. The lowest BCUT2D eigenvalue weighted by Crippen LogP contribution is -2.22. The van der Waals surface area contributed by atoms with Crippen LogP contribution in [-0.4, -0.2) is 25.5 Å². The Morgan fingerprint density at radius 1 is 1.17 bits per heavy atom. The van der Waals surface area contributed by atoms with Gasteiger partial charge >= 0.3 is 0 Å². The maximum absolute atomic E-state index is 2.32. The first-order valence-electron chi connectivity index (χ1n) is 5.33. The Bertz CT molecular complexity index is 104. The average Bonchev–Trinajstić information content (AvgIpc) is 2.73. The van der Waals surface area contributed by atoms with E-state index >= 15 is 0 Å². The van der Waals surface area contributed by atoms with Crippen molar-refractivity contribution in [3.63, 3.8) is 0 Å². The minimum absolute atomic E-state index is 0.748. The molecular formula is C11H25N. The maximum Gasteiger partial charge on any atom is 0.00319 e. The van der Waals surface area contributed by atoms with Crippen LogP contribution in [0.2, 0.25) is 0 Å². The zero-order valence-corrected chi connectivity index (χ0v) is 9.48. The number of hydrogen-bond donors (Lipinski definition) is 0. The van der Waals surface area contributed by atoms with Crippen molar-refractivity contribution >= 4 is 0 Å². The normalized spacial score (nSPS) is 18.5. The van der Waals surface area contributed by atoms with Crippen molar-refractivity contribution in [2.75, 3.05) is 20.6 Å². The van der Waals surface area contributed by atoms with Gasteiger partial charge in [-0.2, -0.15) is 0 Å². The molecule has 1 heteroatoms. The van der Waals surface area contributed by atoms with Crippen molar-refractivity contribution in [3.8, 4) is 0 Å². The summed E-state index contributed by atoms with van der Waals surface area (Å²) < 4.78 is 0. The van der Waals surface area contributed by atoms with Crippen molar-refractivity contribution in [1.29, 1.82) is 0 Å². The quantitative estimate of drug-likeness (QED) is 0.628. The van der Waals surface area contributed by atoms with Gasteiger partial charge in [0, 0.05) is 6.54 Å². The molecule has 0 bridgehead atoms. The molecule has 0 aromatic heterocycles. The van der Waals surface area contributed by atoms with Gasteiger partial charge in [0.2, 0.25) is 0 Å². The highest BCUT2D eigenvalue weighted by Crippen LogP contribution is 2.49. The zero-order valence-electron chi connectivity index (χ0n) is 9.48. The van der Waals surface area contributed by atoms with E-state index in [1.807, 2.05) is 13.8 Å². The molecule has 1 aliphatic rings. The van der Waals surface area contributed by atoms with Crippen LogP contribution in [0.1, 0.15) is 46.5 Å². The molecule has 74 valence electrons. The van der Waals surface area contributed by atoms with Crippen LogP contribution in [0.15, 0.2) is 0 Å². The largest absolute Gasteiger partial charge is 0.309 e. The van der Waals surface area contributed by atoms with Gasteiger partial charge in [-0.3, -0.25) is 0 Å². The molecule has 0 aromatic carbocycles. The van der Waals surface area contributed by atoms with Crippen molar-refractivity contribution < 1.29 is 0 Å². The van der Waals surface area contributed by atoms with Gasteiger partial charge in [-0.15, -0.1) is 0 Å². The van der Waals surface area contributed by atoms with E-state index in [2.05, 4.69) is 25.9 Å². The minimum Gasteiger partial charge on any atom is -0.309 e. The molecule has 0 radical (unpaired) electrons. The summed E-state index contributed by atoms with van der Waals surface area (Å²) in [6, 6.07) is 0. The van der Waals surface area contributed by atoms with Crippen LogP contribution in [0.25, 0.3) is 0 Å². The molecule has 0 atom stereocenters. The fraction of sp³-hybridized carbons (Fsp3) is 1.00. The van der Waals surface area contributed by atoms with Crippen LogP contribution in [0.4, 0.5) is 0 Å². The summed E-state index contributed by atoms with van der Waals surface area (Å²) in [4.78, 5) is 2.32. The summed E-state index contributed by atoms with van der Waals surface area (Å²) >= 11 is 0. The molecule has 0 heterocycles. The third-order valence-electron chi connectivity index (χ3n) is 2.39. The van der Waals surface area contributed by atoms with Gasteiger partial charge in [0.15, 0.2) is 0 Å². The molecule has 0 N–H and O–H groups in total. The molecule has 1 rings (SSSR count). The molecule has 0 saturated heterocycles. The number of rotatable bonds is 4. The van der Waals surface area contributed by atoms with Crippen LogP contribution < -0.4 is 0 Å². The van der Waals surface area contributed by atoms with Gasteiger partial charge in [0.05, 0.1) is 0 Å². The SMILES string of the molecule is CC.CCCC1(CN(C)C)CC1. The predicted molar refractivity (Wildman–Crippen MR) is 56.5 cm³/mol. The van der Waals surface area contributed by atoms with Gasteiger partial charge in [-0.25, -0.2) is 0 Å². The molecule has 0 aliphatic heterocycles. The third-order valence-corrected chi connectivity index (χ3v) is 2.39. The lowest BCUT2D eigenvalue weighted by atomic mass is 10.0. The van der Waals surface area contributed by atoms with Crippen LogP contribution in [0.3, 0.4) is 0 Å². The summed E-state index contributed by atoms with van der Waals surface area (Å²) in [6.07, 6.45) is 5.73. The summed E-state index contributed by atoms with van der Waals surface area (Å²) in [6.45, 7) is 7.59. The van der Waals surface area contributed by atoms with E-state index in [9.17, 15) is 0 Å². The maximum atomic E-state index is 2.32. The highest BCUT2D eigenvalue weighted by atomic mass is 15.1. The van der Waals surface area contributed by atoms with E-state index in [0.717, 1.165) is 5.41 Å². The van der Waals surface area contributed by atoms with Crippen molar-refractivity contribution in [2.24, 2.45) is 5.41 Å². The second-order valence-corrected chi connectivity index (χ2v) is 3.99. The molecular weight excluding hydrogens is 146 g/mol. The molecule has 0 aromatic rings. The minimum atomic E-state index is 0.748. The second kappa shape index (κ2) is 5.58. The number of nitrogens with zero attached hydrogens (tertiary/aromatic N) is 1. The van der Waals surface area contributed by atoms with Crippen LogP contribution in [0, 0.1) is 5.41 Å². The third kappa shape index (κ3) is 4.10. The fourth-order valence-electron chi connectivity index (χ4n) is 1.87. The van der Waals surface area contributed by atoms with E-state index in [4.69, 9.17) is 0 Å². The van der Waals surface area contributed by atoms with Gasteiger partial charge < -0.3 is 4.90 Å². The molecule has 1 aliphatic carbocycles. The summed E-state index contributed by atoms with van der Waals surface area (Å²) in [5, 5.41) is 0. The monoisotopic (exact) mass is 171 g/mol. The standard InChI is InChI=1S/C9H19N.C2H6/c1-4-5-9(6-7-9)8-10(2)3;1-2/h4-8H2,1-3H3;1-2H3. The van der Waals surface area contributed by atoms with Gasteiger partial charge in [0.25, 0.3) is 0 Å².